The van der Waals surface area contributed by atoms with Crippen molar-refractivity contribution in [2.24, 2.45) is 0 Å². The molecule has 7 nitrogen and oxygen atoms in total. The minimum absolute atomic E-state index is 0.119. The van der Waals surface area contributed by atoms with Gasteiger partial charge in [0.25, 0.3) is 5.56 Å². The van der Waals surface area contributed by atoms with E-state index in [1.165, 1.54) is 0 Å². The number of aryl methyl sites for hydroxylation is 1. The molecule has 2 aliphatic heterocycles. The largest absolute Gasteiger partial charge is 0.458 e. The van der Waals surface area contributed by atoms with Crippen molar-refractivity contribution in [3.8, 4) is 11.4 Å². The van der Waals surface area contributed by atoms with Crippen molar-refractivity contribution in [3.05, 3.63) is 67.5 Å². The van der Waals surface area contributed by atoms with Gasteiger partial charge in [0.15, 0.2) is 5.60 Å². The van der Waals surface area contributed by atoms with Crippen LogP contribution in [-0.2, 0) is 34.7 Å². The van der Waals surface area contributed by atoms with Gasteiger partial charge in [0, 0.05) is 32.6 Å². The first-order chi connectivity index (χ1) is 15.9. The standard InChI is InChI=1S/C25H20BrN3O4/c1-3-13-15-10-29-20(8-17-16(23(29)30)11-33-24(31)25(17,32)4-2)22(15)28-19-6-5-18-14(21(13)19)7-12(26)9-27-18/h5-9,32H,3-4,10-11H2,1-2H3/t25-/m0/s1. The zero-order valence-corrected chi connectivity index (χ0v) is 19.7. The van der Waals surface area contributed by atoms with Crippen LogP contribution >= 0.6 is 15.9 Å². The maximum Gasteiger partial charge on any atom is 0.343 e. The van der Waals surface area contributed by atoms with Gasteiger partial charge in [0.2, 0.25) is 0 Å². The van der Waals surface area contributed by atoms with Crippen molar-refractivity contribution in [3.63, 3.8) is 0 Å². The molecule has 0 aliphatic carbocycles. The molecule has 4 aromatic rings. The van der Waals surface area contributed by atoms with Gasteiger partial charge in [-0.3, -0.25) is 9.78 Å². The van der Waals surface area contributed by atoms with Crippen molar-refractivity contribution in [2.45, 2.75) is 45.4 Å². The number of nitrogens with zero attached hydrogens (tertiary/aromatic N) is 3. The Morgan fingerprint density at radius 3 is 2.73 bits per heavy atom. The number of aliphatic hydroxyl groups is 1. The summed E-state index contributed by atoms with van der Waals surface area (Å²) in [5.74, 6) is -0.717. The molecule has 0 bridgehead atoms. The van der Waals surface area contributed by atoms with Gasteiger partial charge < -0.3 is 14.4 Å². The number of hydrogen-bond acceptors (Lipinski definition) is 6. The molecule has 0 fully saturated rings. The smallest absolute Gasteiger partial charge is 0.343 e. The van der Waals surface area contributed by atoms with Gasteiger partial charge in [-0.25, -0.2) is 9.78 Å². The molecule has 166 valence electrons. The molecule has 2 aliphatic rings. The van der Waals surface area contributed by atoms with E-state index in [0.29, 0.717) is 23.4 Å². The number of benzene rings is 1. The second-order valence-corrected chi connectivity index (χ2v) is 9.47. The number of ether oxygens (including phenoxy) is 1. The number of pyridine rings is 3. The fourth-order valence-corrected chi connectivity index (χ4v) is 5.57. The van der Waals surface area contributed by atoms with E-state index in [4.69, 9.17) is 9.72 Å². The van der Waals surface area contributed by atoms with Crippen LogP contribution in [0.4, 0.5) is 0 Å². The Labute approximate surface area is 197 Å². The van der Waals surface area contributed by atoms with Crippen molar-refractivity contribution in [1.29, 1.82) is 0 Å². The summed E-state index contributed by atoms with van der Waals surface area (Å²) in [4.78, 5) is 35.3. The number of carbonyl (C=O) groups is 1. The van der Waals surface area contributed by atoms with Crippen molar-refractivity contribution < 1.29 is 14.6 Å². The summed E-state index contributed by atoms with van der Waals surface area (Å²) in [7, 11) is 0. The quantitative estimate of drug-likeness (QED) is 0.288. The summed E-state index contributed by atoms with van der Waals surface area (Å²) >= 11 is 3.53. The fraction of sp³-hybridized carbons (Fsp3) is 0.280. The minimum Gasteiger partial charge on any atom is -0.458 e. The number of halogens is 1. The SMILES string of the molecule is CCc1c2c(nc3ccc4ncc(Br)cc4c13)-c1cc3c(c(=O)n1C2)COC(=O)[C@]3(O)CC. The topological polar surface area (TPSA) is 94.3 Å². The first-order valence-electron chi connectivity index (χ1n) is 10.9. The Bertz CT molecular complexity index is 1590. The van der Waals surface area contributed by atoms with E-state index >= 15 is 0 Å². The van der Waals surface area contributed by atoms with Crippen LogP contribution in [0.3, 0.4) is 0 Å². The number of carbonyl (C=O) groups excluding carboxylic acids is 1. The third-order valence-electron chi connectivity index (χ3n) is 6.95. The van der Waals surface area contributed by atoms with Gasteiger partial charge in [0.05, 0.1) is 34.5 Å². The van der Waals surface area contributed by atoms with Crippen LogP contribution in [0.2, 0.25) is 0 Å². The summed E-state index contributed by atoms with van der Waals surface area (Å²) in [6.45, 7) is 4.05. The van der Waals surface area contributed by atoms with E-state index < -0.39 is 11.6 Å². The Hall–Kier alpha value is -3.10. The average Bonchev–Trinajstić information content (AvgIpc) is 3.19. The van der Waals surface area contributed by atoms with Crippen LogP contribution in [0.1, 0.15) is 42.5 Å². The number of rotatable bonds is 2. The molecule has 1 atom stereocenters. The lowest BCUT2D eigenvalue weighted by Crippen LogP contribution is -2.44. The number of hydrogen-bond donors (Lipinski definition) is 1. The third kappa shape index (κ3) is 2.65. The Balaban J connectivity index is 1.69. The van der Waals surface area contributed by atoms with Crippen molar-refractivity contribution >= 4 is 43.7 Å². The van der Waals surface area contributed by atoms with Gasteiger partial charge in [0.1, 0.15) is 6.61 Å². The summed E-state index contributed by atoms with van der Waals surface area (Å²) in [6, 6.07) is 7.71. The highest BCUT2D eigenvalue weighted by Crippen LogP contribution is 2.41. The summed E-state index contributed by atoms with van der Waals surface area (Å²) < 4.78 is 7.74. The van der Waals surface area contributed by atoms with E-state index in [-0.39, 0.29) is 18.6 Å². The monoisotopic (exact) mass is 505 g/mol. The molecule has 8 heteroatoms. The van der Waals surface area contributed by atoms with Crippen LogP contribution in [0, 0.1) is 0 Å². The minimum atomic E-state index is -1.83. The van der Waals surface area contributed by atoms with E-state index in [9.17, 15) is 14.7 Å². The second-order valence-electron chi connectivity index (χ2n) is 8.55. The van der Waals surface area contributed by atoms with Gasteiger partial charge >= 0.3 is 5.97 Å². The molecule has 0 spiro atoms. The molecule has 5 heterocycles. The van der Waals surface area contributed by atoms with Gasteiger partial charge in [-0.2, -0.15) is 0 Å². The molecule has 1 N–H and O–H groups in total. The molecule has 0 amide bonds. The predicted octanol–water partition coefficient (Wildman–Crippen LogP) is 3.95. The molecular weight excluding hydrogens is 486 g/mol. The first-order valence-corrected chi connectivity index (χ1v) is 11.7. The number of esters is 1. The fourth-order valence-electron chi connectivity index (χ4n) is 5.24. The van der Waals surface area contributed by atoms with E-state index in [0.717, 1.165) is 49.5 Å². The molecule has 0 unspecified atom stereocenters. The molecule has 1 aromatic carbocycles. The number of fused-ring (bicyclic) bond motifs is 7. The third-order valence-corrected chi connectivity index (χ3v) is 7.38. The highest BCUT2D eigenvalue weighted by atomic mass is 79.9. The Morgan fingerprint density at radius 1 is 1.18 bits per heavy atom. The first kappa shape index (κ1) is 20.5. The van der Waals surface area contributed by atoms with Crippen LogP contribution in [0.15, 0.2) is 39.7 Å². The van der Waals surface area contributed by atoms with Gasteiger partial charge in [-0.15, -0.1) is 0 Å². The summed E-state index contributed by atoms with van der Waals surface area (Å²) in [5, 5.41) is 13.1. The van der Waals surface area contributed by atoms with Crippen LogP contribution in [0.5, 0.6) is 0 Å². The molecule has 3 aromatic heterocycles. The maximum absolute atomic E-state index is 13.5. The zero-order valence-electron chi connectivity index (χ0n) is 18.1. The molecular formula is C25H20BrN3O4. The van der Waals surface area contributed by atoms with Crippen molar-refractivity contribution in [2.75, 3.05) is 0 Å². The number of cyclic esters (lactones) is 1. The molecule has 0 saturated heterocycles. The lowest BCUT2D eigenvalue weighted by molar-refractivity contribution is -0.172. The number of aromatic nitrogens is 3. The maximum atomic E-state index is 13.5. The van der Waals surface area contributed by atoms with Crippen LogP contribution in [-0.4, -0.2) is 25.6 Å². The highest BCUT2D eigenvalue weighted by Gasteiger charge is 2.45. The molecule has 33 heavy (non-hydrogen) atoms. The Morgan fingerprint density at radius 2 is 1.97 bits per heavy atom. The normalized spacial score (nSPS) is 18.8. The van der Waals surface area contributed by atoms with E-state index in [1.807, 2.05) is 12.1 Å². The molecule has 0 radical (unpaired) electrons. The second kappa shape index (κ2) is 6.95. The highest BCUT2D eigenvalue weighted by molar-refractivity contribution is 9.10. The zero-order chi connectivity index (χ0) is 23.1. The summed E-state index contributed by atoms with van der Waals surface area (Å²) in [5.41, 5.74) is 3.75. The molecule has 6 rings (SSSR count). The predicted molar refractivity (Wildman–Crippen MR) is 127 cm³/mol. The summed E-state index contributed by atoms with van der Waals surface area (Å²) in [6.07, 6.45) is 2.66. The molecule has 0 saturated carbocycles. The van der Waals surface area contributed by atoms with E-state index in [1.54, 1.807) is 23.8 Å². The van der Waals surface area contributed by atoms with E-state index in [2.05, 4.69) is 33.9 Å². The lowest BCUT2D eigenvalue weighted by atomic mass is 9.86. The average molecular weight is 506 g/mol. The lowest BCUT2D eigenvalue weighted by Gasteiger charge is -2.31. The Kier molecular flexibility index (Phi) is 4.32. The van der Waals surface area contributed by atoms with Gasteiger partial charge in [-0.1, -0.05) is 13.8 Å². The van der Waals surface area contributed by atoms with Crippen LogP contribution < -0.4 is 5.56 Å². The van der Waals surface area contributed by atoms with Gasteiger partial charge in [-0.05, 0) is 58.6 Å². The van der Waals surface area contributed by atoms with Crippen LogP contribution in [0.25, 0.3) is 33.2 Å². The van der Waals surface area contributed by atoms with Crippen molar-refractivity contribution in [1.82, 2.24) is 14.5 Å².